The Hall–Kier alpha value is -2.34. The number of fused-ring (bicyclic) bond motifs is 1. The lowest BCUT2D eigenvalue weighted by Gasteiger charge is -2.20. The van der Waals surface area contributed by atoms with Crippen molar-refractivity contribution in [3.63, 3.8) is 0 Å². The molecule has 0 saturated heterocycles. The maximum atomic E-state index is 13.4. The third-order valence-corrected chi connectivity index (χ3v) is 4.32. The van der Waals surface area contributed by atoms with Crippen LogP contribution in [0.5, 0.6) is 0 Å². The summed E-state index contributed by atoms with van der Waals surface area (Å²) in [7, 11) is 0. The summed E-state index contributed by atoms with van der Waals surface area (Å²) in [5.74, 6) is 0.182. The van der Waals surface area contributed by atoms with E-state index in [0.29, 0.717) is 12.2 Å². The average molecular weight is 332 g/mol. The van der Waals surface area contributed by atoms with Crippen LogP contribution in [0.15, 0.2) is 41.0 Å². The summed E-state index contributed by atoms with van der Waals surface area (Å²) in [5, 5.41) is 15.7. The van der Waals surface area contributed by atoms with Crippen LogP contribution in [-0.4, -0.2) is 17.2 Å². The fraction of sp³-hybridized carbons (Fsp3) is 0.389. The minimum atomic E-state index is -0.767. The molecule has 2 aromatic rings. The third-order valence-electron chi connectivity index (χ3n) is 4.32. The Bertz CT molecular complexity index is 702. The zero-order valence-electron chi connectivity index (χ0n) is 13.5. The number of halogens is 1. The Kier molecular flexibility index (Phi) is 4.85. The van der Waals surface area contributed by atoms with Crippen LogP contribution in [0, 0.1) is 5.82 Å². The Morgan fingerprint density at radius 3 is 3.04 bits per heavy atom. The lowest BCUT2D eigenvalue weighted by molar-refractivity contribution is 0.129. The van der Waals surface area contributed by atoms with Crippen molar-refractivity contribution in [2.24, 2.45) is 0 Å². The van der Waals surface area contributed by atoms with E-state index in [1.165, 1.54) is 18.4 Å². The molecular formula is C18H21FN2O3. The number of carbonyl (C=O) groups excluding carboxylic acids is 1. The van der Waals surface area contributed by atoms with Gasteiger partial charge < -0.3 is 20.2 Å². The van der Waals surface area contributed by atoms with Gasteiger partial charge in [-0.15, -0.1) is 0 Å². The second kappa shape index (κ2) is 7.05. The Labute approximate surface area is 139 Å². The molecule has 1 aromatic carbocycles. The molecule has 24 heavy (non-hydrogen) atoms. The molecule has 0 spiro atoms. The number of amides is 2. The normalized spacial score (nSPS) is 18.7. The van der Waals surface area contributed by atoms with Gasteiger partial charge >= 0.3 is 6.03 Å². The van der Waals surface area contributed by atoms with Crippen molar-refractivity contribution in [2.45, 2.75) is 44.4 Å². The number of aliphatic hydroxyl groups excluding tert-OH is 1. The molecule has 0 bridgehead atoms. The lowest BCUT2D eigenvalue weighted by Crippen LogP contribution is -2.42. The van der Waals surface area contributed by atoms with Crippen molar-refractivity contribution in [3.8, 4) is 0 Å². The summed E-state index contributed by atoms with van der Waals surface area (Å²) in [5.41, 5.74) is 1.91. The highest BCUT2D eigenvalue weighted by Gasteiger charge is 2.25. The minimum absolute atomic E-state index is 0.183. The fourth-order valence-corrected chi connectivity index (χ4v) is 3.14. The number of hydrogen-bond acceptors (Lipinski definition) is 3. The molecule has 128 valence electrons. The van der Waals surface area contributed by atoms with E-state index in [4.69, 9.17) is 4.42 Å². The van der Waals surface area contributed by atoms with Crippen LogP contribution >= 0.6 is 0 Å². The van der Waals surface area contributed by atoms with Gasteiger partial charge in [-0.05, 0) is 55.2 Å². The number of aryl methyl sites for hydroxylation is 1. The first kappa shape index (κ1) is 16.5. The monoisotopic (exact) mass is 332 g/mol. The van der Waals surface area contributed by atoms with Gasteiger partial charge in [0, 0.05) is 12.5 Å². The van der Waals surface area contributed by atoms with Crippen molar-refractivity contribution in [2.75, 3.05) is 0 Å². The zero-order chi connectivity index (χ0) is 17.1. The summed E-state index contributed by atoms with van der Waals surface area (Å²) in [6.07, 6.45) is 2.66. The van der Waals surface area contributed by atoms with Crippen LogP contribution in [0.1, 0.15) is 48.8 Å². The number of aliphatic hydroxyl groups is 1. The number of benzene rings is 1. The van der Waals surface area contributed by atoms with Gasteiger partial charge in [0.05, 0.1) is 12.3 Å². The highest BCUT2D eigenvalue weighted by molar-refractivity contribution is 5.75. The number of hydrogen-bond donors (Lipinski definition) is 3. The summed E-state index contributed by atoms with van der Waals surface area (Å²) in [6, 6.07) is 7.36. The first-order valence-corrected chi connectivity index (χ1v) is 8.09. The number of rotatable bonds is 5. The molecule has 6 heteroatoms. The first-order valence-electron chi connectivity index (χ1n) is 8.09. The SMILES string of the molecule is C[C@H](C[C@@H](O)c1ccco1)NC(=O)N[C@H]1CCc2ccc(F)cc21. The van der Waals surface area contributed by atoms with Crippen molar-refractivity contribution in [1.82, 2.24) is 10.6 Å². The van der Waals surface area contributed by atoms with E-state index in [1.54, 1.807) is 18.2 Å². The molecule has 2 amide bonds. The van der Waals surface area contributed by atoms with Gasteiger partial charge in [-0.1, -0.05) is 6.07 Å². The molecule has 0 saturated carbocycles. The van der Waals surface area contributed by atoms with Crippen LogP contribution < -0.4 is 10.6 Å². The zero-order valence-corrected chi connectivity index (χ0v) is 13.5. The smallest absolute Gasteiger partial charge is 0.315 e. The quantitative estimate of drug-likeness (QED) is 0.787. The summed E-state index contributed by atoms with van der Waals surface area (Å²) >= 11 is 0. The van der Waals surface area contributed by atoms with Gasteiger partial charge in [-0.25, -0.2) is 9.18 Å². The molecule has 0 fully saturated rings. The summed E-state index contributed by atoms with van der Waals surface area (Å²) < 4.78 is 18.5. The molecular weight excluding hydrogens is 311 g/mol. The van der Waals surface area contributed by atoms with E-state index >= 15 is 0 Å². The molecule has 1 aromatic heterocycles. The van der Waals surface area contributed by atoms with Crippen molar-refractivity contribution in [3.05, 3.63) is 59.3 Å². The number of nitrogens with one attached hydrogen (secondary N) is 2. The van der Waals surface area contributed by atoms with Crippen LogP contribution in [0.2, 0.25) is 0 Å². The second-order valence-electron chi connectivity index (χ2n) is 6.22. The Balaban J connectivity index is 1.52. The number of carbonyl (C=O) groups is 1. The van der Waals surface area contributed by atoms with Crippen LogP contribution in [0.25, 0.3) is 0 Å². The predicted molar refractivity (Wildman–Crippen MR) is 86.9 cm³/mol. The molecule has 5 nitrogen and oxygen atoms in total. The summed E-state index contributed by atoms with van der Waals surface area (Å²) in [4.78, 5) is 12.2. The average Bonchev–Trinajstić information content (AvgIpc) is 3.17. The van der Waals surface area contributed by atoms with Crippen LogP contribution in [-0.2, 0) is 6.42 Å². The molecule has 1 heterocycles. The topological polar surface area (TPSA) is 74.5 Å². The van der Waals surface area contributed by atoms with E-state index in [2.05, 4.69) is 10.6 Å². The highest BCUT2D eigenvalue weighted by Crippen LogP contribution is 2.31. The van der Waals surface area contributed by atoms with E-state index in [1.807, 2.05) is 6.92 Å². The molecule has 3 rings (SSSR count). The second-order valence-corrected chi connectivity index (χ2v) is 6.22. The molecule has 1 aliphatic carbocycles. The van der Waals surface area contributed by atoms with E-state index < -0.39 is 6.10 Å². The molecule has 1 aliphatic rings. The van der Waals surface area contributed by atoms with Gasteiger partial charge in [0.1, 0.15) is 17.7 Å². The van der Waals surface area contributed by atoms with E-state index in [0.717, 1.165) is 24.0 Å². The van der Waals surface area contributed by atoms with E-state index in [9.17, 15) is 14.3 Å². The largest absolute Gasteiger partial charge is 0.467 e. The van der Waals surface area contributed by atoms with Crippen LogP contribution in [0.4, 0.5) is 9.18 Å². The standard InChI is InChI=1S/C18H21FN2O3/c1-11(9-16(22)17-3-2-8-24-17)20-18(23)21-15-7-5-12-4-6-13(19)10-14(12)15/h2-4,6,8,10-11,15-16,22H,5,7,9H2,1H3,(H2,20,21,23)/t11-,15+,16-/m1/s1. The first-order chi connectivity index (χ1) is 11.5. The van der Waals surface area contributed by atoms with Gasteiger partial charge in [0.25, 0.3) is 0 Å². The maximum Gasteiger partial charge on any atom is 0.315 e. The highest BCUT2D eigenvalue weighted by atomic mass is 19.1. The minimum Gasteiger partial charge on any atom is -0.467 e. The number of furan rings is 1. The third kappa shape index (κ3) is 3.76. The van der Waals surface area contributed by atoms with Gasteiger partial charge in [0.15, 0.2) is 0 Å². The molecule has 0 radical (unpaired) electrons. The molecule has 0 unspecified atom stereocenters. The fourth-order valence-electron chi connectivity index (χ4n) is 3.14. The van der Waals surface area contributed by atoms with Crippen molar-refractivity contribution in [1.29, 1.82) is 0 Å². The maximum absolute atomic E-state index is 13.4. The van der Waals surface area contributed by atoms with Crippen molar-refractivity contribution < 1.29 is 18.7 Å². The predicted octanol–water partition coefficient (Wildman–Crippen LogP) is 3.22. The molecule has 3 N–H and O–H groups in total. The Morgan fingerprint density at radius 1 is 1.46 bits per heavy atom. The molecule has 0 aliphatic heterocycles. The lowest BCUT2D eigenvalue weighted by atomic mass is 10.1. The van der Waals surface area contributed by atoms with Crippen LogP contribution in [0.3, 0.4) is 0 Å². The van der Waals surface area contributed by atoms with Gasteiger partial charge in [-0.2, -0.15) is 0 Å². The Morgan fingerprint density at radius 2 is 2.29 bits per heavy atom. The summed E-state index contributed by atoms with van der Waals surface area (Å²) in [6.45, 7) is 1.81. The number of urea groups is 1. The van der Waals surface area contributed by atoms with E-state index in [-0.39, 0.29) is 23.9 Å². The van der Waals surface area contributed by atoms with Gasteiger partial charge in [0.2, 0.25) is 0 Å². The van der Waals surface area contributed by atoms with Crippen molar-refractivity contribution >= 4 is 6.03 Å². The molecule has 3 atom stereocenters. The van der Waals surface area contributed by atoms with Gasteiger partial charge in [-0.3, -0.25) is 0 Å².